The second-order valence-corrected chi connectivity index (χ2v) is 7.98. The molecule has 0 bridgehead atoms. The Bertz CT molecular complexity index is 683. The SMILES string of the molecule is Cc1cc(NS(=O)(=O)c2sccc2Br)ncc1Br. The van der Waals surface area contributed by atoms with Gasteiger partial charge in [-0.25, -0.2) is 13.4 Å². The summed E-state index contributed by atoms with van der Waals surface area (Å²) in [6.45, 7) is 1.87. The first-order chi connectivity index (χ1) is 8.40. The van der Waals surface area contributed by atoms with E-state index in [1.807, 2.05) is 6.92 Å². The van der Waals surface area contributed by atoms with Crippen LogP contribution in [0.25, 0.3) is 0 Å². The molecule has 2 aromatic heterocycles. The van der Waals surface area contributed by atoms with Gasteiger partial charge in [0.1, 0.15) is 5.82 Å². The van der Waals surface area contributed by atoms with E-state index in [-0.39, 0.29) is 4.21 Å². The molecule has 2 rings (SSSR count). The van der Waals surface area contributed by atoms with Crippen molar-refractivity contribution in [1.29, 1.82) is 0 Å². The van der Waals surface area contributed by atoms with Crippen LogP contribution in [0.15, 0.2) is 36.9 Å². The first-order valence-corrected chi connectivity index (χ1v) is 8.73. The molecule has 96 valence electrons. The van der Waals surface area contributed by atoms with Gasteiger partial charge in [0.2, 0.25) is 0 Å². The van der Waals surface area contributed by atoms with Gasteiger partial charge in [0.05, 0.1) is 0 Å². The molecule has 0 aromatic carbocycles. The third-order valence-electron chi connectivity index (χ3n) is 2.11. The Balaban J connectivity index is 2.34. The number of thiophene rings is 1. The minimum Gasteiger partial charge on any atom is -0.263 e. The van der Waals surface area contributed by atoms with Gasteiger partial charge in [0, 0.05) is 15.1 Å². The Morgan fingerprint density at radius 2 is 2.06 bits per heavy atom. The van der Waals surface area contributed by atoms with E-state index in [0.717, 1.165) is 21.4 Å². The third-order valence-corrected chi connectivity index (χ3v) is 6.97. The Morgan fingerprint density at radius 1 is 1.33 bits per heavy atom. The van der Waals surface area contributed by atoms with Gasteiger partial charge in [-0.2, -0.15) is 0 Å². The Kier molecular flexibility index (Phi) is 4.10. The van der Waals surface area contributed by atoms with Crippen LogP contribution < -0.4 is 4.72 Å². The first kappa shape index (κ1) is 14.0. The average molecular weight is 412 g/mol. The molecule has 4 nitrogen and oxygen atoms in total. The van der Waals surface area contributed by atoms with Crippen molar-refractivity contribution in [2.45, 2.75) is 11.1 Å². The number of rotatable bonds is 3. The lowest BCUT2D eigenvalue weighted by Gasteiger charge is -2.07. The van der Waals surface area contributed by atoms with Crippen molar-refractivity contribution in [3.8, 4) is 0 Å². The summed E-state index contributed by atoms with van der Waals surface area (Å²) < 4.78 is 28.3. The molecule has 0 spiro atoms. The molecular weight excluding hydrogens is 404 g/mol. The van der Waals surface area contributed by atoms with Crippen LogP contribution in [0, 0.1) is 6.92 Å². The highest BCUT2D eigenvalue weighted by Crippen LogP contribution is 2.29. The Morgan fingerprint density at radius 3 is 2.61 bits per heavy atom. The number of anilines is 1. The maximum Gasteiger partial charge on any atom is 0.273 e. The smallest absolute Gasteiger partial charge is 0.263 e. The number of nitrogens with zero attached hydrogens (tertiary/aromatic N) is 1. The molecule has 0 unspecified atom stereocenters. The quantitative estimate of drug-likeness (QED) is 0.835. The fraction of sp³-hybridized carbons (Fsp3) is 0.100. The van der Waals surface area contributed by atoms with Crippen LogP contribution >= 0.6 is 43.2 Å². The van der Waals surface area contributed by atoms with Crippen molar-refractivity contribution in [3.63, 3.8) is 0 Å². The monoisotopic (exact) mass is 410 g/mol. The van der Waals surface area contributed by atoms with Crippen molar-refractivity contribution in [1.82, 2.24) is 4.98 Å². The van der Waals surface area contributed by atoms with Crippen LogP contribution in [0.3, 0.4) is 0 Å². The third kappa shape index (κ3) is 2.93. The van der Waals surface area contributed by atoms with E-state index in [0.29, 0.717) is 10.3 Å². The minimum absolute atomic E-state index is 0.241. The van der Waals surface area contributed by atoms with Crippen LogP contribution in [0.2, 0.25) is 0 Å². The van der Waals surface area contributed by atoms with Gasteiger partial charge in [0.25, 0.3) is 10.0 Å². The molecule has 0 saturated carbocycles. The van der Waals surface area contributed by atoms with Crippen LogP contribution in [0.5, 0.6) is 0 Å². The van der Waals surface area contributed by atoms with E-state index in [9.17, 15) is 8.42 Å². The van der Waals surface area contributed by atoms with Crippen molar-refractivity contribution in [2.75, 3.05) is 4.72 Å². The first-order valence-electron chi connectivity index (χ1n) is 4.78. The molecule has 0 atom stereocenters. The van der Waals surface area contributed by atoms with E-state index in [1.165, 1.54) is 0 Å². The zero-order valence-corrected chi connectivity index (χ0v) is 14.0. The number of nitrogens with one attached hydrogen (secondary N) is 1. The Labute approximate surface area is 126 Å². The molecule has 0 aliphatic heterocycles. The molecule has 0 fully saturated rings. The summed E-state index contributed by atoms with van der Waals surface area (Å²) in [5.41, 5.74) is 0.910. The van der Waals surface area contributed by atoms with E-state index in [2.05, 4.69) is 41.6 Å². The maximum absolute atomic E-state index is 12.1. The molecule has 2 heterocycles. The lowest BCUT2D eigenvalue weighted by atomic mass is 10.3. The van der Waals surface area contributed by atoms with Gasteiger partial charge in [-0.1, -0.05) is 0 Å². The Hall–Kier alpha value is -0.440. The second-order valence-electron chi connectivity index (χ2n) is 3.48. The lowest BCUT2D eigenvalue weighted by Crippen LogP contribution is -2.13. The fourth-order valence-corrected chi connectivity index (χ4v) is 4.81. The predicted octanol–water partition coefficient (Wildman–Crippen LogP) is 3.78. The summed E-state index contributed by atoms with van der Waals surface area (Å²) in [6, 6.07) is 3.36. The molecule has 8 heteroatoms. The number of aromatic nitrogens is 1. The highest BCUT2D eigenvalue weighted by molar-refractivity contribution is 9.10. The summed E-state index contributed by atoms with van der Waals surface area (Å²) in [7, 11) is -3.59. The molecule has 2 aromatic rings. The number of aryl methyl sites for hydroxylation is 1. The second kappa shape index (κ2) is 5.28. The molecule has 18 heavy (non-hydrogen) atoms. The fourth-order valence-electron chi connectivity index (χ4n) is 1.25. The van der Waals surface area contributed by atoms with Gasteiger partial charge in [-0.3, -0.25) is 4.72 Å². The summed E-state index contributed by atoms with van der Waals surface area (Å²) in [5, 5.41) is 1.71. The zero-order chi connectivity index (χ0) is 13.3. The van der Waals surface area contributed by atoms with Gasteiger partial charge in [0.15, 0.2) is 4.21 Å². The van der Waals surface area contributed by atoms with Crippen molar-refractivity contribution < 1.29 is 8.42 Å². The van der Waals surface area contributed by atoms with Gasteiger partial charge in [-0.05, 0) is 61.9 Å². The molecule has 0 saturated heterocycles. The molecule has 0 aliphatic rings. The number of halogens is 2. The number of hydrogen-bond donors (Lipinski definition) is 1. The van der Waals surface area contributed by atoms with Crippen molar-refractivity contribution in [3.05, 3.63) is 38.2 Å². The van der Waals surface area contributed by atoms with Gasteiger partial charge < -0.3 is 0 Å². The zero-order valence-electron chi connectivity index (χ0n) is 9.15. The van der Waals surface area contributed by atoms with Gasteiger partial charge in [-0.15, -0.1) is 11.3 Å². The van der Waals surface area contributed by atoms with Gasteiger partial charge >= 0.3 is 0 Å². The summed E-state index contributed by atoms with van der Waals surface area (Å²) in [5.74, 6) is 0.302. The maximum atomic E-state index is 12.1. The summed E-state index contributed by atoms with van der Waals surface area (Å²) in [4.78, 5) is 4.02. The van der Waals surface area contributed by atoms with E-state index in [4.69, 9.17) is 0 Å². The summed E-state index contributed by atoms with van der Waals surface area (Å²) >= 11 is 7.67. The van der Waals surface area contributed by atoms with E-state index < -0.39 is 10.0 Å². The number of pyridine rings is 1. The highest BCUT2D eigenvalue weighted by atomic mass is 79.9. The van der Waals surface area contributed by atoms with Crippen LogP contribution in [-0.4, -0.2) is 13.4 Å². The number of sulfonamides is 1. The highest BCUT2D eigenvalue weighted by Gasteiger charge is 2.19. The van der Waals surface area contributed by atoms with Crippen LogP contribution in [0.1, 0.15) is 5.56 Å². The molecule has 0 aliphatic carbocycles. The molecule has 0 radical (unpaired) electrons. The molecule has 0 amide bonds. The van der Waals surface area contributed by atoms with E-state index >= 15 is 0 Å². The molecule has 1 N–H and O–H groups in total. The number of hydrogen-bond acceptors (Lipinski definition) is 4. The van der Waals surface area contributed by atoms with E-state index in [1.54, 1.807) is 23.7 Å². The average Bonchev–Trinajstić information content (AvgIpc) is 2.70. The normalized spacial score (nSPS) is 11.5. The minimum atomic E-state index is -3.59. The van der Waals surface area contributed by atoms with Crippen LogP contribution in [0.4, 0.5) is 5.82 Å². The largest absolute Gasteiger partial charge is 0.273 e. The van der Waals surface area contributed by atoms with Crippen LogP contribution in [-0.2, 0) is 10.0 Å². The lowest BCUT2D eigenvalue weighted by molar-refractivity contribution is 0.602. The standard InChI is InChI=1S/C10H8Br2N2O2S2/c1-6-4-9(13-5-8(6)12)14-18(15,16)10-7(11)2-3-17-10/h2-5H,1H3,(H,13,14). The summed E-state index contributed by atoms with van der Waals surface area (Å²) in [6.07, 6.45) is 1.57. The molecular formula is C10H8Br2N2O2S2. The van der Waals surface area contributed by atoms with Crippen molar-refractivity contribution in [2.24, 2.45) is 0 Å². The predicted molar refractivity (Wildman–Crippen MR) is 79.5 cm³/mol. The van der Waals surface area contributed by atoms with Crippen molar-refractivity contribution >= 4 is 59.0 Å². The topological polar surface area (TPSA) is 59.1 Å².